The van der Waals surface area contributed by atoms with E-state index in [4.69, 9.17) is 28.3 Å². The molecule has 0 spiro atoms. The second-order valence-corrected chi connectivity index (χ2v) is 21.7. The fraction of sp³-hybridized carbons (Fsp3) is 0.844. The lowest BCUT2D eigenvalue weighted by molar-refractivity contribution is -0.127. The molecule has 7 atom stereocenters. The van der Waals surface area contributed by atoms with Crippen LogP contribution in [0.4, 0.5) is 5.82 Å². The Morgan fingerprint density at radius 2 is 1.61 bits per heavy atom. The molecule has 306 valence electrons. The van der Waals surface area contributed by atoms with Gasteiger partial charge in [-0.25, -0.2) is 4.68 Å². The minimum Gasteiger partial charge on any atom is -0.351 e. The van der Waals surface area contributed by atoms with Crippen molar-refractivity contribution in [1.82, 2.24) is 20.0 Å². The molecule has 4 rings (SSSR count). The zero-order chi connectivity index (χ0) is 40.4. The van der Waals surface area contributed by atoms with Gasteiger partial charge < -0.3 is 10.2 Å². The van der Waals surface area contributed by atoms with Gasteiger partial charge >= 0.3 is 0 Å². The number of carbonyl (C=O) groups excluding carboxylic acids is 1. The third-order valence-corrected chi connectivity index (χ3v) is 14.9. The van der Waals surface area contributed by atoms with Crippen LogP contribution in [0.1, 0.15) is 109 Å². The first-order chi connectivity index (χ1) is 24.9. The van der Waals surface area contributed by atoms with E-state index < -0.39 is 92.7 Å². The summed E-state index contributed by atoms with van der Waals surface area (Å²) in [5.74, 6) is -1.43. The number of carbonyl (C=O) groups is 1. The van der Waals surface area contributed by atoms with E-state index in [1.54, 1.807) is 0 Å². The van der Waals surface area contributed by atoms with Crippen LogP contribution in [0.2, 0.25) is 0 Å². The molecule has 3 aliphatic carbocycles. The summed E-state index contributed by atoms with van der Waals surface area (Å²) in [6, 6.07) is -0.0407. The van der Waals surface area contributed by atoms with Crippen LogP contribution in [0.3, 0.4) is 0 Å². The molecule has 1 aromatic heterocycles. The first-order valence-corrected chi connectivity index (χ1v) is 23.6. The van der Waals surface area contributed by atoms with Gasteiger partial charge in [0.05, 0.1) is 50.8 Å². The van der Waals surface area contributed by atoms with Crippen LogP contribution in [0.5, 0.6) is 0 Å². The first-order valence-electron chi connectivity index (χ1n) is 18.1. The van der Waals surface area contributed by atoms with Crippen LogP contribution < -0.4 is 5.32 Å². The molecule has 3 aliphatic rings. The van der Waals surface area contributed by atoms with E-state index in [2.05, 4.69) is 26.5 Å². The second kappa shape index (κ2) is 17.7. The van der Waals surface area contributed by atoms with Crippen molar-refractivity contribution >= 4 is 65.3 Å². The average molecular weight is 861 g/mol. The number of alkyl halides is 2. The number of halogens is 2. The molecule has 1 aromatic rings. The van der Waals surface area contributed by atoms with E-state index in [0.29, 0.717) is 50.9 Å². The third kappa shape index (κ3) is 11.3. The predicted molar refractivity (Wildman–Crippen MR) is 202 cm³/mol. The summed E-state index contributed by atoms with van der Waals surface area (Å²) in [5, 5.41) is 23.3. The summed E-state index contributed by atoms with van der Waals surface area (Å²) in [4.78, 5) is 15.8. The summed E-state index contributed by atoms with van der Waals surface area (Å²) in [5.41, 5.74) is -0.158. The van der Waals surface area contributed by atoms with Gasteiger partial charge in [-0.1, -0.05) is 34.1 Å². The lowest BCUT2D eigenvalue weighted by Crippen LogP contribution is -2.53. The van der Waals surface area contributed by atoms with Crippen molar-refractivity contribution in [3.63, 3.8) is 0 Å². The Morgan fingerprint density at radius 3 is 2.15 bits per heavy atom. The number of amides is 1. The Morgan fingerprint density at radius 1 is 0.981 bits per heavy atom. The number of hydrogen-bond donors (Lipinski definition) is 4. The van der Waals surface area contributed by atoms with E-state index in [0.717, 1.165) is 0 Å². The van der Waals surface area contributed by atoms with Crippen LogP contribution in [0, 0.1) is 17.2 Å². The van der Waals surface area contributed by atoms with Crippen molar-refractivity contribution in [2.45, 2.75) is 143 Å². The first kappa shape index (κ1) is 44.8. The van der Waals surface area contributed by atoms with Gasteiger partial charge in [-0.15, -0.1) is 28.3 Å². The highest BCUT2D eigenvalue weighted by Gasteiger charge is 2.45. The maximum absolute atomic E-state index is 13.7. The predicted octanol–water partition coefficient (Wildman–Crippen LogP) is 4.39. The monoisotopic (exact) mass is 859 g/mol. The van der Waals surface area contributed by atoms with E-state index in [1.807, 2.05) is 27.7 Å². The number of nitrogens with zero attached hydrogens (tertiary/aromatic N) is 6. The molecule has 1 heterocycles. The van der Waals surface area contributed by atoms with E-state index in [1.165, 1.54) is 4.68 Å². The summed E-state index contributed by atoms with van der Waals surface area (Å²) >= 11 is 13.5. The Bertz CT molecular complexity index is 1900. The fourth-order valence-electron chi connectivity index (χ4n) is 7.90. The molecule has 1 amide bonds. The highest BCUT2D eigenvalue weighted by Crippen LogP contribution is 2.43. The molecule has 22 heteroatoms. The van der Waals surface area contributed by atoms with E-state index in [9.17, 15) is 49.0 Å². The maximum Gasteiger partial charge on any atom is 0.267 e. The van der Waals surface area contributed by atoms with E-state index >= 15 is 0 Å². The maximum atomic E-state index is 13.7. The SMILES string of the molecule is CCN(CCCS(=O)(=O)O)C1CCC(N=Nc2c(C#N)c(C(C)(C)C)nn2C2C(Cl)CC(S(=O)(=O)O)CC2Cl)C(NC(=O)C2CCCC(S(=O)(=O)O)C2)C1. The molecule has 0 saturated heterocycles. The summed E-state index contributed by atoms with van der Waals surface area (Å²) in [6.07, 6.45) is 2.35. The van der Waals surface area contributed by atoms with Crippen molar-refractivity contribution in [2.24, 2.45) is 16.1 Å². The minimum absolute atomic E-state index is 0.0387. The van der Waals surface area contributed by atoms with Crippen molar-refractivity contribution in [3.8, 4) is 6.07 Å². The van der Waals surface area contributed by atoms with Gasteiger partial charge in [-0.05, 0) is 70.9 Å². The molecule has 3 fully saturated rings. The average Bonchev–Trinajstić information content (AvgIpc) is 3.43. The molecule has 54 heavy (non-hydrogen) atoms. The molecule has 0 aromatic carbocycles. The zero-order valence-corrected chi connectivity index (χ0v) is 34.7. The van der Waals surface area contributed by atoms with Crippen LogP contribution in [-0.2, 0) is 40.6 Å². The molecule has 7 unspecified atom stereocenters. The topological polar surface area (TPSA) is 262 Å². The Balaban J connectivity index is 1.70. The Labute approximate surface area is 327 Å². The molecule has 0 aliphatic heterocycles. The quantitative estimate of drug-likeness (QED) is 0.122. The lowest BCUT2D eigenvalue weighted by Gasteiger charge is -2.40. The smallest absolute Gasteiger partial charge is 0.267 e. The number of hydrogen-bond acceptors (Lipinski definition) is 12. The fourth-order valence-corrected chi connectivity index (χ4v) is 11.5. The van der Waals surface area contributed by atoms with Gasteiger partial charge in [0.1, 0.15) is 11.6 Å². The molecule has 4 N–H and O–H groups in total. The number of nitrogens with one attached hydrogen (secondary N) is 1. The number of rotatable bonds is 13. The Kier molecular flexibility index (Phi) is 14.6. The van der Waals surface area contributed by atoms with E-state index in [-0.39, 0.29) is 49.5 Å². The van der Waals surface area contributed by atoms with Crippen molar-refractivity contribution in [3.05, 3.63) is 11.3 Å². The number of azo groups is 1. The summed E-state index contributed by atoms with van der Waals surface area (Å²) < 4.78 is 101. The number of aromatic nitrogens is 2. The minimum atomic E-state index is -4.43. The zero-order valence-electron chi connectivity index (χ0n) is 30.8. The summed E-state index contributed by atoms with van der Waals surface area (Å²) in [7, 11) is -12.9. The van der Waals surface area contributed by atoms with Gasteiger partial charge in [-0.3, -0.25) is 18.5 Å². The van der Waals surface area contributed by atoms with Crippen molar-refractivity contribution < 1.29 is 43.7 Å². The molecular formula is C32H51Cl2N7O10S3. The highest BCUT2D eigenvalue weighted by molar-refractivity contribution is 7.86. The lowest BCUT2D eigenvalue weighted by atomic mass is 9.84. The molecule has 0 radical (unpaired) electrons. The molecule has 3 saturated carbocycles. The summed E-state index contributed by atoms with van der Waals surface area (Å²) in [6.45, 7) is 8.40. The number of nitriles is 1. The molecular weight excluding hydrogens is 809 g/mol. The third-order valence-electron chi connectivity index (χ3n) is 10.7. The van der Waals surface area contributed by atoms with Gasteiger partial charge in [0.15, 0.2) is 5.82 Å². The highest BCUT2D eigenvalue weighted by atomic mass is 35.5. The van der Waals surface area contributed by atoms with Crippen LogP contribution >= 0.6 is 23.2 Å². The van der Waals surface area contributed by atoms with Gasteiger partial charge in [0.25, 0.3) is 30.4 Å². The van der Waals surface area contributed by atoms with Crippen molar-refractivity contribution in [1.29, 1.82) is 5.26 Å². The normalized spacial score (nSPS) is 30.4. The second-order valence-electron chi connectivity index (χ2n) is 15.6. The van der Waals surface area contributed by atoms with Crippen LogP contribution in [0.15, 0.2) is 10.2 Å². The largest absolute Gasteiger partial charge is 0.351 e. The molecule has 0 bridgehead atoms. The van der Waals surface area contributed by atoms with Crippen LogP contribution in [0.25, 0.3) is 0 Å². The van der Waals surface area contributed by atoms with Gasteiger partial charge in [0.2, 0.25) is 5.91 Å². The van der Waals surface area contributed by atoms with Crippen molar-refractivity contribution in [2.75, 3.05) is 18.8 Å². The molecule has 17 nitrogen and oxygen atoms in total. The standard InChI is InChI=1S/C32H51Cl2N7O10S3/c1-5-40(12-7-13-52(43,44)45)20-10-11-26(27(15-20)36-31(42)19-8-6-9-21(14-19)53(46,47)48)37-38-30-23(18-35)29(32(2,3)4)39-41(30)28-24(33)16-22(17-25(28)34)54(49,50)51/h19-22,24-28H,5-17H2,1-4H3,(H,36,42)(H,43,44,45)(H,46,47,48)(H,49,50,51). The van der Waals surface area contributed by atoms with Gasteiger partial charge in [0, 0.05) is 17.4 Å². The van der Waals surface area contributed by atoms with Crippen LogP contribution in [-0.4, -0.2) is 118 Å². The van der Waals surface area contributed by atoms with Gasteiger partial charge in [-0.2, -0.15) is 40.7 Å². The Hall–Kier alpha value is -1.96.